The lowest BCUT2D eigenvalue weighted by Gasteiger charge is -2.02. The molecule has 0 fully saturated rings. The number of fused-ring (bicyclic) bond motifs is 2. The summed E-state index contributed by atoms with van der Waals surface area (Å²) in [6, 6.07) is 14.4. The van der Waals surface area contributed by atoms with Crippen molar-refractivity contribution in [2.24, 2.45) is 4.99 Å². The first-order valence-electron chi connectivity index (χ1n) is 10.2. The lowest BCUT2D eigenvalue weighted by molar-refractivity contribution is 0.628. The van der Waals surface area contributed by atoms with E-state index in [9.17, 15) is 4.39 Å². The third-order valence-corrected chi connectivity index (χ3v) is 5.51. The number of rotatable bonds is 3. The Morgan fingerprint density at radius 1 is 1.03 bits per heavy atom. The van der Waals surface area contributed by atoms with Gasteiger partial charge in [-0.05, 0) is 59.2 Å². The minimum atomic E-state index is -0.273. The van der Waals surface area contributed by atoms with E-state index < -0.39 is 0 Å². The second kappa shape index (κ2) is 7.39. The fourth-order valence-corrected chi connectivity index (χ4v) is 3.99. The second-order valence-corrected chi connectivity index (χ2v) is 7.51. The van der Waals surface area contributed by atoms with Crippen LogP contribution in [0.5, 0.6) is 0 Å². The van der Waals surface area contributed by atoms with E-state index in [-0.39, 0.29) is 5.82 Å². The first kappa shape index (κ1) is 18.4. The Balaban J connectivity index is 1.49. The molecule has 0 spiro atoms. The molecule has 32 heavy (non-hydrogen) atoms. The fraction of sp³-hybridized carbons (Fsp3) is 0.0400. The van der Waals surface area contributed by atoms with Crippen LogP contribution in [0.3, 0.4) is 0 Å². The zero-order valence-electron chi connectivity index (χ0n) is 16.9. The van der Waals surface area contributed by atoms with E-state index in [0.717, 1.165) is 44.5 Å². The van der Waals surface area contributed by atoms with Crippen LogP contribution in [-0.2, 0) is 0 Å². The van der Waals surface area contributed by atoms with E-state index >= 15 is 0 Å². The molecule has 0 bridgehead atoms. The Hall–Kier alpha value is -4.39. The van der Waals surface area contributed by atoms with Crippen molar-refractivity contribution in [3.63, 3.8) is 0 Å². The molecule has 5 aromatic rings. The zero-order valence-corrected chi connectivity index (χ0v) is 16.9. The summed E-state index contributed by atoms with van der Waals surface area (Å²) >= 11 is 0. The van der Waals surface area contributed by atoms with Crippen molar-refractivity contribution in [1.82, 2.24) is 25.1 Å². The van der Waals surface area contributed by atoms with E-state index in [2.05, 4.69) is 25.2 Å². The summed E-state index contributed by atoms with van der Waals surface area (Å²) in [6.45, 7) is 0.622. The van der Waals surface area contributed by atoms with Crippen LogP contribution in [0.4, 0.5) is 4.39 Å². The second-order valence-electron chi connectivity index (χ2n) is 7.51. The number of pyridine rings is 2. The number of aliphatic imine (C=N–C) groups is 1. The number of allylic oxidation sites excluding steroid dienone is 3. The van der Waals surface area contributed by atoms with Gasteiger partial charge in [-0.3, -0.25) is 10.1 Å². The van der Waals surface area contributed by atoms with Crippen molar-refractivity contribution < 1.29 is 4.39 Å². The minimum Gasteiger partial charge on any atom is -0.338 e. The number of benzene rings is 1. The molecule has 2 N–H and O–H groups in total. The topological polar surface area (TPSA) is 82.6 Å². The molecule has 0 unspecified atom stereocenters. The highest BCUT2D eigenvalue weighted by molar-refractivity contribution is 5.99. The zero-order chi connectivity index (χ0) is 21.5. The van der Waals surface area contributed by atoms with E-state index in [1.54, 1.807) is 18.5 Å². The summed E-state index contributed by atoms with van der Waals surface area (Å²) in [5.74, 6) is -0.273. The Kier molecular flexibility index (Phi) is 4.24. The van der Waals surface area contributed by atoms with Gasteiger partial charge in [0, 0.05) is 17.8 Å². The van der Waals surface area contributed by atoms with Crippen molar-refractivity contribution in [3.05, 3.63) is 84.5 Å². The molecule has 6 rings (SSSR count). The molecule has 4 aromatic heterocycles. The number of nitrogens with one attached hydrogen (secondary N) is 2. The molecule has 1 aliphatic heterocycles. The number of hydrogen-bond donors (Lipinski definition) is 2. The number of aromatic nitrogens is 5. The SMILES string of the molecule is Fc1cccc(-c2ccnc3[nH]c(-c4n[nH]c5ccc(C6=CCN=CC=C6)nc45)cc23)c1. The monoisotopic (exact) mass is 420 g/mol. The smallest absolute Gasteiger partial charge is 0.138 e. The normalized spacial score (nSPS) is 13.6. The quantitative estimate of drug-likeness (QED) is 0.414. The van der Waals surface area contributed by atoms with E-state index in [4.69, 9.17) is 4.98 Å². The van der Waals surface area contributed by atoms with Gasteiger partial charge in [0.1, 0.15) is 22.7 Å². The highest BCUT2D eigenvalue weighted by atomic mass is 19.1. The van der Waals surface area contributed by atoms with E-state index in [1.165, 1.54) is 12.1 Å². The van der Waals surface area contributed by atoms with Crippen LogP contribution >= 0.6 is 0 Å². The van der Waals surface area contributed by atoms with Gasteiger partial charge in [-0.1, -0.05) is 24.3 Å². The van der Waals surface area contributed by atoms with Crippen LogP contribution in [0, 0.1) is 5.82 Å². The van der Waals surface area contributed by atoms with Gasteiger partial charge >= 0.3 is 0 Å². The summed E-state index contributed by atoms with van der Waals surface area (Å²) < 4.78 is 13.8. The van der Waals surface area contributed by atoms with E-state index in [1.807, 2.05) is 48.6 Å². The molecule has 1 aromatic carbocycles. The lowest BCUT2D eigenvalue weighted by atomic mass is 10.0. The molecule has 0 atom stereocenters. The first-order valence-corrected chi connectivity index (χ1v) is 10.2. The van der Waals surface area contributed by atoms with Crippen LogP contribution in [0.25, 0.3) is 50.2 Å². The standard InChI is InChI=1S/C25H17FN6/c26-17-5-1-3-16(13-17)18-9-12-28-25-19(18)14-22(30-25)24-23-21(31-32-24)7-6-20(29-23)15-4-2-10-27-11-8-15/h1-10,12-14H,11H2,(H,28,30)(H,31,32). The molecular weight excluding hydrogens is 403 g/mol. The lowest BCUT2D eigenvalue weighted by Crippen LogP contribution is -1.89. The van der Waals surface area contributed by atoms with Gasteiger partial charge in [0.15, 0.2) is 0 Å². The average molecular weight is 420 g/mol. The maximum absolute atomic E-state index is 13.8. The molecule has 6 nitrogen and oxygen atoms in total. The summed E-state index contributed by atoms with van der Waals surface area (Å²) in [5, 5.41) is 8.47. The Morgan fingerprint density at radius 3 is 2.94 bits per heavy atom. The Morgan fingerprint density at radius 2 is 2.00 bits per heavy atom. The largest absolute Gasteiger partial charge is 0.338 e. The molecule has 5 heterocycles. The van der Waals surface area contributed by atoms with Crippen molar-refractivity contribution in [3.8, 4) is 22.5 Å². The Labute approximate surface area is 182 Å². The van der Waals surface area contributed by atoms with Crippen molar-refractivity contribution in [2.75, 3.05) is 6.54 Å². The summed E-state index contributed by atoms with van der Waals surface area (Å²) in [7, 11) is 0. The van der Waals surface area contributed by atoms with Crippen LogP contribution in [0.15, 0.2) is 77.9 Å². The van der Waals surface area contributed by atoms with Crippen molar-refractivity contribution in [2.45, 2.75) is 0 Å². The third kappa shape index (κ3) is 3.11. The number of aromatic amines is 2. The first-order chi connectivity index (χ1) is 15.8. The van der Waals surface area contributed by atoms with Crippen molar-refractivity contribution >= 4 is 33.9 Å². The molecule has 0 saturated heterocycles. The fourth-order valence-electron chi connectivity index (χ4n) is 3.99. The van der Waals surface area contributed by atoms with Crippen LogP contribution < -0.4 is 0 Å². The predicted molar refractivity (Wildman–Crippen MR) is 125 cm³/mol. The summed E-state index contributed by atoms with van der Waals surface area (Å²) in [5.41, 5.74) is 7.39. The molecule has 0 radical (unpaired) electrons. The maximum Gasteiger partial charge on any atom is 0.138 e. The van der Waals surface area contributed by atoms with Gasteiger partial charge < -0.3 is 4.98 Å². The summed E-state index contributed by atoms with van der Waals surface area (Å²) in [4.78, 5) is 16.9. The predicted octanol–water partition coefficient (Wildman–Crippen LogP) is 5.33. The molecule has 0 saturated carbocycles. The van der Waals surface area contributed by atoms with Crippen molar-refractivity contribution in [1.29, 1.82) is 0 Å². The van der Waals surface area contributed by atoms with Gasteiger partial charge in [0.25, 0.3) is 0 Å². The average Bonchev–Trinajstić information content (AvgIpc) is 3.33. The molecule has 0 amide bonds. The number of halogens is 1. The molecule has 154 valence electrons. The molecule has 1 aliphatic rings. The van der Waals surface area contributed by atoms with Crippen LogP contribution in [0.1, 0.15) is 5.69 Å². The molecular formula is C25H17FN6. The van der Waals surface area contributed by atoms with Gasteiger partial charge in [-0.15, -0.1) is 0 Å². The van der Waals surface area contributed by atoms with E-state index in [0.29, 0.717) is 17.9 Å². The molecule has 7 heteroatoms. The third-order valence-electron chi connectivity index (χ3n) is 5.51. The highest BCUT2D eigenvalue weighted by Gasteiger charge is 2.16. The van der Waals surface area contributed by atoms with Crippen LogP contribution in [-0.4, -0.2) is 37.9 Å². The van der Waals surface area contributed by atoms with Gasteiger partial charge in [-0.2, -0.15) is 5.10 Å². The van der Waals surface area contributed by atoms with Gasteiger partial charge in [0.05, 0.1) is 23.4 Å². The molecule has 0 aliphatic carbocycles. The number of nitrogens with zero attached hydrogens (tertiary/aromatic N) is 4. The highest BCUT2D eigenvalue weighted by Crippen LogP contribution is 2.33. The van der Waals surface area contributed by atoms with Gasteiger partial charge in [0.2, 0.25) is 0 Å². The number of H-pyrrole nitrogens is 2. The Bertz CT molecular complexity index is 1570. The minimum absolute atomic E-state index is 0.273. The van der Waals surface area contributed by atoms with Crippen LogP contribution in [0.2, 0.25) is 0 Å². The summed E-state index contributed by atoms with van der Waals surface area (Å²) in [6.07, 6.45) is 9.47. The number of hydrogen-bond acceptors (Lipinski definition) is 4. The van der Waals surface area contributed by atoms with Gasteiger partial charge in [-0.25, -0.2) is 14.4 Å². The maximum atomic E-state index is 13.8.